The van der Waals surface area contributed by atoms with Gasteiger partial charge in [-0.2, -0.15) is 0 Å². The molecule has 0 radical (unpaired) electrons. The molecule has 9 heteroatoms. The Morgan fingerprint density at radius 2 is 1.60 bits per heavy atom. The van der Waals surface area contributed by atoms with Gasteiger partial charge < -0.3 is 20.5 Å². The number of ether oxygens (including phenoxy) is 1. The average molecular weight is 435 g/mol. The molecule has 0 spiro atoms. The molecule has 2 rings (SSSR count). The van der Waals surface area contributed by atoms with E-state index in [0.29, 0.717) is 31.5 Å². The smallest absolute Gasteiger partial charge is 0.250 e. The fourth-order valence-electron chi connectivity index (χ4n) is 3.35. The van der Waals surface area contributed by atoms with Crippen molar-refractivity contribution >= 4 is 38.6 Å². The number of ketones is 1. The summed E-state index contributed by atoms with van der Waals surface area (Å²) in [4.78, 5) is 46.8. The molecule has 8 nitrogen and oxygen atoms in total. The van der Waals surface area contributed by atoms with Gasteiger partial charge in [0.1, 0.15) is 19.0 Å². The van der Waals surface area contributed by atoms with Gasteiger partial charge in [-0.3, -0.25) is 19.2 Å². The summed E-state index contributed by atoms with van der Waals surface area (Å²) < 4.78 is 4.98. The second-order valence-corrected chi connectivity index (χ2v) is 7.64. The van der Waals surface area contributed by atoms with E-state index in [1.807, 2.05) is 12.1 Å². The molecule has 3 amide bonds. The number of benzene rings is 1. The SMILES string of the molecule is O=C(COCC(=O)Nc1ccc(CCC(=O)NCCC(=O)C2CCCC2)cc1)NP. The van der Waals surface area contributed by atoms with Crippen LogP contribution in [0, 0.1) is 5.92 Å². The Morgan fingerprint density at radius 1 is 0.933 bits per heavy atom. The molecular weight excluding hydrogens is 405 g/mol. The van der Waals surface area contributed by atoms with Crippen molar-refractivity contribution in [3.63, 3.8) is 0 Å². The fourth-order valence-corrected chi connectivity index (χ4v) is 3.44. The second-order valence-electron chi connectivity index (χ2n) is 7.35. The monoisotopic (exact) mass is 435 g/mol. The second kappa shape index (κ2) is 13.1. The van der Waals surface area contributed by atoms with Gasteiger partial charge in [0.05, 0.1) is 0 Å². The van der Waals surface area contributed by atoms with Crippen LogP contribution in [-0.2, 0) is 30.3 Å². The van der Waals surface area contributed by atoms with Crippen molar-refractivity contribution in [1.29, 1.82) is 0 Å². The summed E-state index contributed by atoms with van der Waals surface area (Å²) in [6.45, 7) is -0.00408. The van der Waals surface area contributed by atoms with Gasteiger partial charge in [0, 0.05) is 31.0 Å². The molecule has 1 aromatic carbocycles. The van der Waals surface area contributed by atoms with E-state index in [2.05, 4.69) is 25.1 Å². The first-order chi connectivity index (χ1) is 14.5. The van der Waals surface area contributed by atoms with E-state index in [-0.39, 0.29) is 42.6 Å². The highest BCUT2D eigenvalue weighted by Gasteiger charge is 2.21. The van der Waals surface area contributed by atoms with Gasteiger partial charge in [0.25, 0.3) is 0 Å². The van der Waals surface area contributed by atoms with Crippen LogP contribution in [-0.4, -0.2) is 43.3 Å². The Morgan fingerprint density at radius 3 is 2.27 bits per heavy atom. The maximum atomic E-state index is 12.0. The van der Waals surface area contributed by atoms with Crippen molar-refractivity contribution < 1.29 is 23.9 Å². The molecular formula is C21H30N3O5P. The molecule has 3 N–H and O–H groups in total. The van der Waals surface area contributed by atoms with E-state index in [1.165, 1.54) is 0 Å². The summed E-state index contributed by atoms with van der Waals surface area (Å²) in [5.74, 6) is -0.295. The molecule has 1 fully saturated rings. The van der Waals surface area contributed by atoms with Gasteiger partial charge >= 0.3 is 0 Å². The Labute approximate surface area is 179 Å². The molecule has 1 aliphatic rings. The summed E-state index contributed by atoms with van der Waals surface area (Å²) >= 11 is 0. The Bertz CT molecular complexity index is 733. The number of amides is 3. The average Bonchev–Trinajstić information content (AvgIpc) is 3.28. The highest BCUT2D eigenvalue weighted by atomic mass is 31.0. The van der Waals surface area contributed by atoms with Crippen molar-refractivity contribution in [2.75, 3.05) is 25.1 Å². The van der Waals surface area contributed by atoms with Crippen molar-refractivity contribution in [3.05, 3.63) is 29.8 Å². The van der Waals surface area contributed by atoms with Crippen LogP contribution in [0.25, 0.3) is 0 Å². The number of anilines is 1. The van der Waals surface area contributed by atoms with Crippen LogP contribution in [0.2, 0.25) is 0 Å². The predicted molar refractivity (Wildman–Crippen MR) is 117 cm³/mol. The van der Waals surface area contributed by atoms with Crippen LogP contribution in [0.5, 0.6) is 0 Å². The maximum Gasteiger partial charge on any atom is 0.250 e. The lowest BCUT2D eigenvalue weighted by Gasteiger charge is -2.09. The van der Waals surface area contributed by atoms with E-state index < -0.39 is 0 Å². The quantitative estimate of drug-likeness (QED) is 0.433. The molecule has 30 heavy (non-hydrogen) atoms. The van der Waals surface area contributed by atoms with Crippen LogP contribution in [0.4, 0.5) is 5.69 Å². The highest BCUT2D eigenvalue weighted by Crippen LogP contribution is 2.26. The number of aryl methyl sites for hydroxylation is 1. The largest absolute Gasteiger partial charge is 0.362 e. The van der Waals surface area contributed by atoms with Crippen LogP contribution < -0.4 is 15.7 Å². The van der Waals surface area contributed by atoms with Crippen molar-refractivity contribution in [1.82, 2.24) is 10.4 Å². The van der Waals surface area contributed by atoms with Crippen molar-refractivity contribution in [2.45, 2.75) is 44.9 Å². The molecule has 1 aromatic rings. The molecule has 1 unspecified atom stereocenters. The lowest BCUT2D eigenvalue weighted by Crippen LogP contribution is -2.27. The maximum absolute atomic E-state index is 12.0. The number of carbonyl (C=O) groups excluding carboxylic acids is 4. The molecule has 1 saturated carbocycles. The van der Waals surface area contributed by atoms with E-state index in [9.17, 15) is 19.2 Å². The van der Waals surface area contributed by atoms with E-state index in [4.69, 9.17) is 4.74 Å². The third-order valence-corrected chi connectivity index (χ3v) is 5.33. The molecule has 0 bridgehead atoms. The molecule has 1 aliphatic carbocycles. The minimum Gasteiger partial charge on any atom is -0.362 e. The molecule has 164 valence electrons. The molecule has 0 saturated heterocycles. The summed E-state index contributed by atoms with van der Waals surface area (Å²) in [6.07, 6.45) is 5.58. The summed E-state index contributed by atoms with van der Waals surface area (Å²) in [5.41, 5.74) is 1.58. The van der Waals surface area contributed by atoms with Crippen LogP contribution >= 0.6 is 9.39 Å². The summed E-state index contributed by atoms with van der Waals surface area (Å²) in [7, 11) is 2.06. The van der Waals surface area contributed by atoms with Crippen molar-refractivity contribution in [3.8, 4) is 0 Å². The van der Waals surface area contributed by atoms with Gasteiger partial charge in [-0.15, -0.1) is 0 Å². The summed E-state index contributed by atoms with van der Waals surface area (Å²) in [5, 5.41) is 7.81. The van der Waals surface area contributed by atoms with Crippen LogP contribution in [0.15, 0.2) is 24.3 Å². The molecule has 0 aromatic heterocycles. The van der Waals surface area contributed by atoms with Crippen LogP contribution in [0.1, 0.15) is 44.1 Å². The predicted octanol–water partition coefficient (Wildman–Crippen LogP) is 1.75. The summed E-state index contributed by atoms with van der Waals surface area (Å²) in [6, 6.07) is 7.19. The fraction of sp³-hybridized carbons (Fsp3) is 0.524. The van der Waals surface area contributed by atoms with Gasteiger partial charge in [0.15, 0.2) is 0 Å². The number of hydrogen-bond acceptors (Lipinski definition) is 5. The third kappa shape index (κ3) is 9.01. The van der Waals surface area contributed by atoms with Gasteiger partial charge in [-0.25, -0.2) is 0 Å². The van der Waals surface area contributed by atoms with E-state index in [1.54, 1.807) is 12.1 Å². The molecule has 1 atom stereocenters. The lowest BCUT2D eigenvalue weighted by atomic mass is 10.0. The topological polar surface area (TPSA) is 114 Å². The van der Waals surface area contributed by atoms with E-state index >= 15 is 0 Å². The third-order valence-electron chi connectivity index (χ3n) is 5.01. The molecule has 0 heterocycles. The minimum absolute atomic E-state index is 0.0710. The van der Waals surface area contributed by atoms with Crippen molar-refractivity contribution in [2.24, 2.45) is 5.92 Å². The highest BCUT2D eigenvalue weighted by molar-refractivity contribution is 7.15. The lowest BCUT2D eigenvalue weighted by molar-refractivity contribution is -0.127. The zero-order valence-electron chi connectivity index (χ0n) is 17.1. The van der Waals surface area contributed by atoms with Gasteiger partial charge in [-0.05, 0) is 46.3 Å². The molecule has 0 aliphatic heterocycles. The zero-order valence-corrected chi connectivity index (χ0v) is 18.2. The first-order valence-corrected chi connectivity index (χ1v) is 10.8. The first kappa shape index (κ1) is 24.0. The number of nitrogens with one attached hydrogen (secondary N) is 3. The zero-order chi connectivity index (χ0) is 21.8. The number of carbonyl (C=O) groups is 4. The Kier molecular flexibility index (Phi) is 10.5. The first-order valence-electron chi connectivity index (χ1n) is 10.2. The number of rotatable bonds is 12. The van der Waals surface area contributed by atoms with Crippen LogP contribution in [0.3, 0.4) is 0 Å². The van der Waals surface area contributed by atoms with Gasteiger partial charge in [0.2, 0.25) is 17.7 Å². The van der Waals surface area contributed by atoms with E-state index in [0.717, 1.165) is 31.2 Å². The Hall–Kier alpha value is -2.31. The number of hydrogen-bond donors (Lipinski definition) is 3. The number of Topliss-reactive ketones (excluding diaryl/α,β-unsaturated/α-hetero) is 1. The normalized spacial score (nSPS) is 13.6. The van der Waals surface area contributed by atoms with Gasteiger partial charge in [-0.1, -0.05) is 25.0 Å². The minimum atomic E-state index is -0.356. The Balaban J connectivity index is 1.61. The standard InChI is InChI=1S/C21H30N3O5P/c25-18(16-3-1-2-4-16)11-12-22-19(26)10-7-15-5-8-17(9-6-15)23-20(27)13-29-14-21(28)24-30/h5-6,8-9,16H,1-4,7,10-14,30H2,(H,22,26)(H,23,27)(H,24,28).